The van der Waals surface area contributed by atoms with E-state index in [1.54, 1.807) is 0 Å². The van der Waals surface area contributed by atoms with E-state index < -0.39 is 0 Å². The first-order valence-electron chi connectivity index (χ1n) is 7.95. The lowest BCUT2D eigenvalue weighted by Gasteiger charge is -2.33. The first-order valence-corrected chi connectivity index (χ1v) is 8.70. The van der Waals surface area contributed by atoms with Crippen LogP contribution < -0.4 is 5.73 Å². The zero-order valence-electron chi connectivity index (χ0n) is 12.8. The highest BCUT2D eigenvalue weighted by atomic mass is 35.5. The summed E-state index contributed by atoms with van der Waals surface area (Å²) in [4.78, 5) is 12.0. The molecular formula is C18H21Cl2NO. The van der Waals surface area contributed by atoms with Crippen LogP contribution in [0.15, 0.2) is 12.1 Å². The van der Waals surface area contributed by atoms with Crippen LogP contribution in [0.4, 0.5) is 0 Å². The summed E-state index contributed by atoms with van der Waals surface area (Å²) in [6.45, 7) is 2.72. The summed E-state index contributed by atoms with van der Waals surface area (Å²) in [7, 11) is 0. The van der Waals surface area contributed by atoms with Crippen molar-refractivity contribution >= 4 is 34.6 Å². The van der Waals surface area contributed by atoms with E-state index in [4.69, 9.17) is 28.9 Å². The molecule has 2 nitrogen and oxygen atoms in total. The van der Waals surface area contributed by atoms with Crippen LogP contribution in [0.1, 0.15) is 49.3 Å². The van der Waals surface area contributed by atoms with Crippen molar-refractivity contribution < 1.29 is 4.79 Å². The third kappa shape index (κ3) is 2.42. The Morgan fingerprint density at radius 3 is 2.73 bits per heavy atom. The minimum atomic E-state index is -0.0687. The van der Waals surface area contributed by atoms with Gasteiger partial charge in [0.1, 0.15) is 5.78 Å². The lowest BCUT2D eigenvalue weighted by atomic mass is 9.70. The highest BCUT2D eigenvalue weighted by Crippen LogP contribution is 2.57. The third-order valence-electron chi connectivity index (χ3n) is 4.94. The molecule has 0 saturated carbocycles. The number of carbonyl (C=O) groups excluding carboxylic acids is 1. The summed E-state index contributed by atoms with van der Waals surface area (Å²) in [6.07, 6.45) is 6.91. The van der Waals surface area contributed by atoms with Crippen molar-refractivity contribution in [2.45, 2.75) is 45.4 Å². The van der Waals surface area contributed by atoms with Crippen LogP contribution in [0.2, 0.25) is 10.0 Å². The van der Waals surface area contributed by atoms with Gasteiger partial charge >= 0.3 is 0 Å². The quantitative estimate of drug-likeness (QED) is 0.873. The topological polar surface area (TPSA) is 43.1 Å². The fourth-order valence-corrected chi connectivity index (χ4v) is 4.75. The van der Waals surface area contributed by atoms with Gasteiger partial charge in [-0.15, -0.1) is 0 Å². The summed E-state index contributed by atoms with van der Waals surface area (Å²) in [5, 5.41) is 1.26. The van der Waals surface area contributed by atoms with Gasteiger partial charge in [-0.25, -0.2) is 0 Å². The minimum Gasteiger partial charge on any atom is -0.330 e. The van der Waals surface area contributed by atoms with E-state index in [9.17, 15) is 4.79 Å². The maximum atomic E-state index is 12.0. The number of allylic oxidation sites excluding steroid dienone is 2. The Bertz CT molecular complexity index is 666. The molecular weight excluding hydrogens is 317 g/mol. The molecule has 4 heteroatoms. The molecule has 0 unspecified atom stereocenters. The van der Waals surface area contributed by atoms with Crippen LogP contribution in [0, 0.1) is 5.41 Å². The number of Topliss-reactive ketones (excluding diaryl/α,β-unsaturated/α-hetero) is 1. The Kier molecular flexibility index (Phi) is 4.37. The van der Waals surface area contributed by atoms with Gasteiger partial charge in [0, 0.05) is 23.8 Å². The van der Waals surface area contributed by atoms with Gasteiger partial charge in [-0.1, -0.05) is 48.7 Å². The normalized spacial score (nSPS) is 23.3. The second kappa shape index (κ2) is 5.99. The molecule has 3 rings (SSSR count). The number of fused-ring (bicyclic) bond motifs is 3. The van der Waals surface area contributed by atoms with Crippen molar-refractivity contribution in [2.24, 2.45) is 11.1 Å². The smallest absolute Gasteiger partial charge is 0.137 e. The number of nitrogens with two attached hydrogens (primary N) is 1. The minimum absolute atomic E-state index is 0.0687. The van der Waals surface area contributed by atoms with Gasteiger partial charge < -0.3 is 5.73 Å². The molecule has 0 bridgehead atoms. The molecule has 0 spiro atoms. The molecule has 22 heavy (non-hydrogen) atoms. The van der Waals surface area contributed by atoms with Crippen molar-refractivity contribution in [1.29, 1.82) is 0 Å². The second-order valence-electron chi connectivity index (χ2n) is 6.48. The molecule has 0 saturated heterocycles. The van der Waals surface area contributed by atoms with Crippen molar-refractivity contribution in [1.82, 2.24) is 0 Å². The standard InChI is InChI=1S/C18H21Cl2NO/c1-2-6-18-9-12-8-11(5-7-21)16(19)17(20)15(12)14(18)4-3-13(22)10-18/h4,8H,2-3,5-7,9-10,21H2,1H3/t18-/m1/s1. The average Bonchev–Trinajstić information content (AvgIpc) is 2.78. The Labute approximate surface area is 141 Å². The van der Waals surface area contributed by atoms with Gasteiger partial charge in [-0.05, 0) is 42.5 Å². The molecule has 2 aliphatic rings. The SMILES string of the molecule is CCC[C@@]12CC(=O)CC=C1c1c(cc(CCN)c(Cl)c1Cl)C2. The summed E-state index contributed by atoms with van der Waals surface area (Å²) < 4.78 is 0. The molecule has 0 heterocycles. The Morgan fingerprint density at radius 2 is 2.05 bits per heavy atom. The van der Waals surface area contributed by atoms with Crippen LogP contribution >= 0.6 is 23.2 Å². The third-order valence-corrected chi connectivity index (χ3v) is 5.85. The molecule has 0 radical (unpaired) electrons. The number of hydrogen-bond acceptors (Lipinski definition) is 2. The van der Waals surface area contributed by atoms with Gasteiger partial charge in [0.05, 0.1) is 10.0 Å². The zero-order valence-corrected chi connectivity index (χ0v) is 14.4. The highest BCUT2D eigenvalue weighted by molar-refractivity contribution is 6.43. The van der Waals surface area contributed by atoms with Gasteiger partial charge in [-0.3, -0.25) is 4.79 Å². The molecule has 0 fully saturated rings. The number of rotatable bonds is 4. The Balaban J connectivity index is 2.15. The molecule has 2 N–H and O–H groups in total. The number of carbonyl (C=O) groups is 1. The van der Waals surface area contributed by atoms with Crippen molar-refractivity contribution in [3.8, 4) is 0 Å². The van der Waals surface area contributed by atoms with Crippen LogP contribution in [0.5, 0.6) is 0 Å². The predicted octanol–water partition coefficient (Wildman–Crippen LogP) is 4.58. The number of hydrogen-bond donors (Lipinski definition) is 1. The van der Waals surface area contributed by atoms with Crippen molar-refractivity contribution in [3.05, 3.63) is 38.9 Å². The maximum Gasteiger partial charge on any atom is 0.137 e. The maximum absolute atomic E-state index is 12.0. The molecule has 0 aliphatic heterocycles. The molecule has 1 aromatic carbocycles. The van der Waals surface area contributed by atoms with Crippen LogP contribution in [-0.4, -0.2) is 12.3 Å². The van der Waals surface area contributed by atoms with Gasteiger partial charge in [0.15, 0.2) is 0 Å². The fourth-order valence-electron chi connectivity index (χ4n) is 4.16. The summed E-state index contributed by atoms with van der Waals surface area (Å²) in [5.41, 5.74) is 10.2. The predicted molar refractivity (Wildman–Crippen MR) is 92.5 cm³/mol. The van der Waals surface area contributed by atoms with E-state index in [1.165, 1.54) is 11.1 Å². The molecule has 0 amide bonds. The first kappa shape index (κ1) is 16.0. The zero-order chi connectivity index (χ0) is 15.9. The number of ketones is 1. The number of halogens is 2. The van der Waals surface area contributed by atoms with Crippen LogP contribution in [0.25, 0.3) is 5.57 Å². The monoisotopic (exact) mass is 337 g/mol. The van der Waals surface area contributed by atoms with E-state index in [1.807, 2.05) is 0 Å². The van der Waals surface area contributed by atoms with E-state index >= 15 is 0 Å². The molecule has 1 aromatic rings. The Morgan fingerprint density at radius 1 is 1.27 bits per heavy atom. The van der Waals surface area contributed by atoms with Crippen molar-refractivity contribution in [3.63, 3.8) is 0 Å². The summed E-state index contributed by atoms with van der Waals surface area (Å²) in [6, 6.07) is 2.15. The lowest BCUT2D eigenvalue weighted by Crippen LogP contribution is -2.27. The molecule has 0 aromatic heterocycles. The van der Waals surface area contributed by atoms with Gasteiger partial charge in [-0.2, -0.15) is 0 Å². The van der Waals surface area contributed by atoms with E-state index in [0.29, 0.717) is 35.2 Å². The van der Waals surface area contributed by atoms with E-state index in [-0.39, 0.29) is 5.41 Å². The molecule has 2 aliphatic carbocycles. The van der Waals surface area contributed by atoms with E-state index in [2.05, 4.69) is 19.1 Å². The van der Waals surface area contributed by atoms with Crippen LogP contribution in [-0.2, 0) is 17.6 Å². The molecule has 1 atom stereocenters. The fraction of sp³-hybridized carbons (Fsp3) is 0.500. The second-order valence-corrected chi connectivity index (χ2v) is 7.24. The van der Waals surface area contributed by atoms with Gasteiger partial charge in [0.25, 0.3) is 0 Å². The van der Waals surface area contributed by atoms with Gasteiger partial charge in [0.2, 0.25) is 0 Å². The van der Waals surface area contributed by atoms with Crippen molar-refractivity contribution in [2.75, 3.05) is 6.54 Å². The largest absolute Gasteiger partial charge is 0.330 e. The first-order chi connectivity index (χ1) is 10.5. The van der Waals surface area contributed by atoms with Crippen LogP contribution in [0.3, 0.4) is 0 Å². The summed E-state index contributed by atoms with van der Waals surface area (Å²) >= 11 is 13.1. The molecule has 118 valence electrons. The van der Waals surface area contributed by atoms with E-state index in [0.717, 1.165) is 36.8 Å². The Hall–Kier alpha value is -0.830. The summed E-state index contributed by atoms with van der Waals surface area (Å²) in [5.74, 6) is 0.328. The lowest BCUT2D eigenvalue weighted by molar-refractivity contribution is -0.120. The highest BCUT2D eigenvalue weighted by Gasteiger charge is 2.45. The average molecular weight is 338 g/mol. The number of benzene rings is 1.